The van der Waals surface area contributed by atoms with E-state index in [0.717, 1.165) is 27.1 Å². The molecule has 0 fully saturated rings. The zero-order valence-corrected chi connectivity index (χ0v) is 12.5. The summed E-state index contributed by atoms with van der Waals surface area (Å²) in [7, 11) is 3.26. The molecule has 2 N–H and O–H groups in total. The maximum absolute atomic E-state index is 6.32. The van der Waals surface area contributed by atoms with Crippen molar-refractivity contribution < 1.29 is 9.47 Å². The predicted octanol–water partition coefficient (Wildman–Crippen LogP) is 3.51. The molecular formula is C15H16BrNO2. The molecule has 2 aromatic rings. The minimum atomic E-state index is -0.252. The monoisotopic (exact) mass is 321 g/mol. The van der Waals surface area contributed by atoms with Crippen LogP contribution in [-0.4, -0.2) is 14.2 Å². The topological polar surface area (TPSA) is 44.5 Å². The SMILES string of the molecule is COc1cc(C(N)c2ccccc2)c(OC)cc1Br. The van der Waals surface area contributed by atoms with E-state index in [9.17, 15) is 0 Å². The molecule has 19 heavy (non-hydrogen) atoms. The van der Waals surface area contributed by atoms with Crippen LogP contribution in [0.1, 0.15) is 17.2 Å². The lowest BCUT2D eigenvalue weighted by atomic mass is 9.98. The van der Waals surface area contributed by atoms with Gasteiger partial charge in [0.1, 0.15) is 11.5 Å². The van der Waals surface area contributed by atoms with Gasteiger partial charge in [0.25, 0.3) is 0 Å². The fraction of sp³-hybridized carbons (Fsp3) is 0.200. The normalized spacial score (nSPS) is 12.0. The number of nitrogens with two attached hydrogens (primary N) is 1. The van der Waals surface area contributed by atoms with Gasteiger partial charge in [0.2, 0.25) is 0 Å². The molecule has 2 aromatic carbocycles. The Morgan fingerprint density at radius 1 is 1.00 bits per heavy atom. The summed E-state index contributed by atoms with van der Waals surface area (Å²) in [4.78, 5) is 0. The van der Waals surface area contributed by atoms with Crippen molar-refractivity contribution in [3.05, 3.63) is 58.1 Å². The first-order chi connectivity index (χ1) is 9.17. The number of ether oxygens (including phenoxy) is 2. The number of hydrogen-bond acceptors (Lipinski definition) is 3. The van der Waals surface area contributed by atoms with E-state index in [1.807, 2.05) is 42.5 Å². The Morgan fingerprint density at radius 2 is 1.63 bits per heavy atom. The fourth-order valence-electron chi connectivity index (χ4n) is 1.97. The Bertz CT molecular complexity index is 558. The van der Waals surface area contributed by atoms with E-state index in [1.165, 1.54) is 0 Å². The van der Waals surface area contributed by atoms with Crippen LogP contribution >= 0.6 is 15.9 Å². The van der Waals surface area contributed by atoms with Crippen LogP contribution in [0.15, 0.2) is 46.9 Å². The molecule has 0 saturated heterocycles. The molecule has 0 radical (unpaired) electrons. The molecule has 0 spiro atoms. The molecular weight excluding hydrogens is 306 g/mol. The van der Waals surface area contributed by atoms with E-state index < -0.39 is 0 Å². The van der Waals surface area contributed by atoms with E-state index in [0.29, 0.717) is 0 Å². The van der Waals surface area contributed by atoms with Gasteiger partial charge in [-0.25, -0.2) is 0 Å². The Balaban J connectivity index is 2.48. The van der Waals surface area contributed by atoms with Crippen molar-refractivity contribution in [3.63, 3.8) is 0 Å². The van der Waals surface area contributed by atoms with Gasteiger partial charge >= 0.3 is 0 Å². The number of hydrogen-bond donors (Lipinski definition) is 1. The molecule has 2 rings (SSSR count). The third-order valence-corrected chi connectivity index (χ3v) is 3.62. The second kappa shape index (κ2) is 6.08. The lowest BCUT2D eigenvalue weighted by Gasteiger charge is -2.18. The lowest BCUT2D eigenvalue weighted by Crippen LogP contribution is -2.13. The summed E-state index contributed by atoms with van der Waals surface area (Å²) in [6, 6.07) is 13.4. The fourth-order valence-corrected chi connectivity index (χ4v) is 2.45. The van der Waals surface area contributed by atoms with Gasteiger partial charge in [0.15, 0.2) is 0 Å². The number of halogens is 1. The van der Waals surface area contributed by atoms with Crippen molar-refractivity contribution in [1.82, 2.24) is 0 Å². The van der Waals surface area contributed by atoms with Crippen molar-refractivity contribution in [2.24, 2.45) is 5.73 Å². The van der Waals surface area contributed by atoms with Crippen LogP contribution in [0.2, 0.25) is 0 Å². The molecule has 1 unspecified atom stereocenters. The molecule has 0 saturated carbocycles. The van der Waals surface area contributed by atoms with E-state index >= 15 is 0 Å². The molecule has 4 heteroatoms. The number of rotatable bonds is 4. The third-order valence-electron chi connectivity index (χ3n) is 3.00. The highest BCUT2D eigenvalue weighted by atomic mass is 79.9. The second-order valence-electron chi connectivity index (χ2n) is 4.12. The van der Waals surface area contributed by atoms with Crippen LogP contribution in [0.5, 0.6) is 11.5 Å². The lowest BCUT2D eigenvalue weighted by molar-refractivity contribution is 0.395. The minimum Gasteiger partial charge on any atom is -0.496 e. The Kier molecular flexibility index (Phi) is 4.45. The molecule has 1 atom stereocenters. The summed E-state index contributed by atoms with van der Waals surface area (Å²) in [5, 5.41) is 0. The Morgan fingerprint density at radius 3 is 2.21 bits per heavy atom. The van der Waals surface area contributed by atoms with Crippen LogP contribution < -0.4 is 15.2 Å². The first kappa shape index (κ1) is 13.9. The quantitative estimate of drug-likeness (QED) is 0.937. The predicted molar refractivity (Wildman–Crippen MR) is 79.7 cm³/mol. The maximum Gasteiger partial charge on any atom is 0.133 e. The summed E-state index contributed by atoms with van der Waals surface area (Å²) >= 11 is 3.44. The van der Waals surface area contributed by atoms with Crippen molar-refractivity contribution in [1.29, 1.82) is 0 Å². The average Bonchev–Trinajstić information content (AvgIpc) is 2.47. The highest BCUT2D eigenvalue weighted by Crippen LogP contribution is 2.36. The Labute approximate surface area is 121 Å². The first-order valence-corrected chi connectivity index (χ1v) is 6.68. The van der Waals surface area contributed by atoms with E-state index in [2.05, 4.69) is 15.9 Å². The summed E-state index contributed by atoms with van der Waals surface area (Å²) < 4.78 is 11.6. The molecule has 3 nitrogen and oxygen atoms in total. The zero-order chi connectivity index (χ0) is 13.8. The number of methoxy groups -OCH3 is 2. The highest BCUT2D eigenvalue weighted by molar-refractivity contribution is 9.10. The van der Waals surface area contributed by atoms with Crippen molar-refractivity contribution >= 4 is 15.9 Å². The van der Waals surface area contributed by atoms with E-state index in [-0.39, 0.29) is 6.04 Å². The van der Waals surface area contributed by atoms with Gasteiger partial charge in [-0.3, -0.25) is 0 Å². The summed E-state index contributed by atoms with van der Waals surface area (Å²) in [6.45, 7) is 0. The van der Waals surface area contributed by atoms with Gasteiger partial charge in [-0.2, -0.15) is 0 Å². The van der Waals surface area contributed by atoms with Crippen LogP contribution in [0.25, 0.3) is 0 Å². The highest BCUT2D eigenvalue weighted by Gasteiger charge is 2.17. The van der Waals surface area contributed by atoms with Gasteiger partial charge < -0.3 is 15.2 Å². The van der Waals surface area contributed by atoms with E-state index in [4.69, 9.17) is 15.2 Å². The molecule has 0 bridgehead atoms. The molecule has 0 amide bonds. The molecule has 0 aliphatic carbocycles. The first-order valence-electron chi connectivity index (χ1n) is 5.89. The van der Waals surface area contributed by atoms with Crippen LogP contribution in [0.4, 0.5) is 0 Å². The smallest absolute Gasteiger partial charge is 0.133 e. The van der Waals surface area contributed by atoms with E-state index in [1.54, 1.807) is 14.2 Å². The van der Waals surface area contributed by atoms with Crippen LogP contribution in [0, 0.1) is 0 Å². The van der Waals surface area contributed by atoms with Crippen LogP contribution in [0.3, 0.4) is 0 Å². The largest absolute Gasteiger partial charge is 0.496 e. The molecule has 0 aromatic heterocycles. The van der Waals surface area contributed by atoms with Gasteiger partial charge in [-0.1, -0.05) is 30.3 Å². The molecule has 100 valence electrons. The Hall–Kier alpha value is -1.52. The van der Waals surface area contributed by atoms with Crippen molar-refractivity contribution in [2.45, 2.75) is 6.04 Å². The third kappa shape index (κ3) is 2.91. The molecule has 0 aliphatic rings. The van der Waals surface area contributed by atoms with Gasteiger partial charge in [0, 0.05) is 5.56 Å². The molecule has 0 aliphatic heterocycles. The standard InChI is InChI=1S/C15H16BrNO2/c1-18-13-9-12(16)14(19-2)8-11(13)15(17)10-6-4-3-5-7-10/h3-9,15H,17H2,1-2H3. The maximum atomic E-state index is 6.32. The van der Waals surface area contributed by atoms with Crippen molar-refractivity contribution in [3.8, 4) is 11.5 Å². The summed E-state index contributed by atoms with van der Waals surface area (Å²) in [5.74, 6) is 1.48. The molecule has 0 heterocycles. The minimum absolute atomic E-state index is 0.252. The number of benzene rings is 2. The van der Waals surface area contributed by atoms with Gasteiger partial charge in [-0.05, 0) is 33.6 Å². The summed E-state index contributed by atoms with van der Waals surface area (Å²) in [5.41, 5.74) is 8.25. The zero-order valence-electron chi connectivity index (χ0n) is 10.9. The van der Waals surface area contributed by atoms with Crippen LogP contribution in [-0.2, 0) is 0 Å². The average molecular weight is 322 g/mol. The van der Waals surface area contributed by atoms with Crippen molar-refractivity contribution in [2.75, 3.05) is 14.2 Å². The summed E-state index contributed by atoms with van der Waals surface area (Å²) in [6.07, 6.45) is 0. The van der Waals surface area contributed by atoms with Gasteiger partial charge in [0.05, 0.1) is 24.7 Å². The second-order valence-corrected chi connectivity index (χ2v) is 4.97. The van der Waals surface area contributed by atoms with Gasteiger partial charge in [-0.15, -0.1) is 0 Å².